The van der Waals surface area contributed by atoms with Crippen molar-refractivity contribution < 1.29 is 18.4 Å². The average molecular weight is 370 g/mol. The normalized spacial score (nSPS) is 13.2. The Kier molecular flexibility index (Phi) is 3.10. The zero-order valence-corrected chi connectivity index (χ0v) is 12.2. The molecular weight excluding hydrogens is 364 g/mol. The van der Waals surface area contributed by atoms with Gasteiger partial charge in [-0.3, -0.25) is 24.3 Å². The summed E-state index contributed by atoms with van der Waals surface area (Å²) in [7, 11) is 0. The Labute approximate surface area is 129 Å². The predicted octanol–water partition coefficient (Wildman–Crippen LogP) is 1.34. The fourth-order valence-corrected chi connectivity index (χ4v) is 2.66. The van der Waals surface area contributed by atoms with Crippen LogP contribution in [0.5, 0.6) is 0 Å². The van der Waals surface area contributed by atoms with Crippen LogP contribution in [0.4, 0.5) is 14.6 Å². The number of nitrogens with one attached hydrogen (secondary N) is 1. The van der Waals surface area contributed by atoms with Crippen LogP contribution in [0.1, 0.15) is 20.7 Å². The molecule has 0 aliphatic carbocycles. The number of halogens is 3. The third kappa shape index (κ3) is 1.93. The molecule has 2 heterocycles. The van der Waals surface area contributed by atoms with E-state index in [1.54, 1.807) is 0 Å². The SMILES string of the molecule is Nc1c2c(cc(=O)n1-c1c(F)cc(Br)cc1F)C(=O)NC2=O. The molecule has 0 atom stereocenters. The number of amides is 2. The van der Waals surface area contributed by atoms with E-state index in [0.29, 0.717) is 4.57 Å². The Morgan fingerprint density at radius 2 is 1.64 bits per heavy atom. The van der Waals surface area contributed by atoms with Gasteiger partial charge in [0.25, 0.3) is 17.4 Å². The molecule has 0 radical (unpaired) electrons. The predicted molar refractivity (Wildman–Crippen MR) is 75.9 cm³/mol. The van der Waals surface area contributed by atoms with Crippen molar-refractivity contribution in [1.29, 1.82) is 0 Å². The number of nitrogens with zero attached hydrogens (tertiary/aromatic N) is 1. The van der Waals surface area contributed by atoms with Crippen LogP contribution in [0.2, 0.25) is 0 Å². The molecule has 2 amide bonds. The summed E-state index contributed by atoms with van der Waals surface area (Å²) in [6.45, 7) is 0. The molecule has 2 aromatic rings. The second-order valence-corrected chi connectivity index (χ2v) is 5.41. The monoisotopic (exact) mass is 369 g/mol. The van der Waals surface area contributed by atoms with Gasteiger partial charge < -0.3 is 5.73 Å². The Bertz CT molecular complexity index is 900. The number of nitrogen functional groups attached to an aromatic ring is 1. The highest BCUT2D eigenvalue weighted by Gasteiger charge is 2.32. The fourth-order valence-electron chi connectivity index (χ4n) is 2.26. The summed E-state index contributed by atoms with van der Waals surface area (Å²) in [5.74, 6) is -4.22. The van der Waals surface area contributed by atoms with Gasteiger partial charge >= 0.3 is 0 Å². The Morgan fingerprint density at radius 3 is 2.23 bits per heavy atom. The number of nitrogens with two attached hydrogens (primary N) is 1. The third-order valence-electron chi connectivity index (χ3n) is 3.16. The molecule has 1 aromatic heterocycles. The number of pyridine rings is 1. The van der Waals surface area contributed by atoms with Gasteiger partial charge in [-0.25, -0.2) is 8.78 Å². The minimum Gasteiger partial charge on any atom is -0.384 e. The van der Waals surface area contributed by atoms with E-state index >= 15 is 0 Å². The fraction of sp³-hybridized carbons (Fsp3) is 0. The summed E-state index contributed by atoms with van der Waals surface area (Å²) >= 11 is 2.92. The summed E-state index contributed by atoms with van der Waals surface area (Å²) in [6, 6.07) is 2.71. The lowest BCUT2D eigenvalue weighted by Crippen LogP contribution is -2.25. The van der Waals surface area contributed by atoms with Crippen LogP contribution in [0, 0.1) is 11.6 Å². The first-order valence-electron chi connectivity index (χ1n) is 5.87. The maximum absolute atomic E-state index is 14.0. The quantitative estimate of drug-likeness (QED) is 0.741. The van der Waals surface area contributed by atoms with Gasteiger partial charge in [0.05, 0.1) is 11.1 Å². The molecule has 6 nitrogen and oxygen atoms in total. The van der Waals surface area contributed by atoms with E-state index in [1.807, 2.05) is 5.32 Å². The summed E-state index contributed by atoms with van der Waals surface area (Å²) in [5, 5.41) is 1.96. The molecule has 3 N–H and O–H groups in total. The van der Waals surface area contributed by atoms with Crippen molar-refractivity contribution in [3.63, 3.8) is 0 Å². The second kappa shape index (κ2) is 4.73. The molecule has 1 aliphatic heterocycles. The van der Waals surface area contributed by atoms with Crippen molar-refractivity contribution in [3.05, 3.63) is 55.8 Å². The Morgan fingerprint density at radius 1 is 1.05 bits per heavy atom. The molecule has 0 saturated heterocycles. The van der Waals surface area contributed by atoms with E-state index in [0.717, 1.165) is 18.2 Å². The van der Waals surface area contributed by atoms with Crippen LogP contribution in [-0.2, 0) is 0 Å². The first-order valence-corrected chi connectivity index (χ1v) is 6.66. The number of anilines is 1. The van der Waals surface area contributed by atoms with Crippen LogP contribution in [0.3, 0.4) is 0 Å². The molecule has 0 spiro atoms. The zero-order chi connectivity index (χ0) is 16.2. The Balaban J connectivity index is 2.40. The maximum atomic E-state index is 14.0. The lowest BCUT2D eigenvalue weighted by atomic mass is 10.1. The van der Waals surface area contributed by atoms with Crippen molar-refractivity contribution in [3.8, 4) is 5.69 Å². The number of carbonyl (C=O) groups excluding carboxylic acids is 2. The Hall–Kier alpha value is -2.55. The minimum atomic E-state index is -1.05. The summed E-state index contributed by atoms with van der Waals surface area (Å²) < 4.78 is 28.7. The van der Waals surface area contributed by atoms with Crippen molar-refractivity contribution in [1.82, 2.24) is 9.88 Å². The maximum Gasteiger partial charge on any atom is 0.262 e. The van der Waals surface area contributed by atoms with Crippen molar-refractivity contribution >= 4 is 33.6 Å². The average Bonchev–Trinajstić information content (AvgIpc) is 2.67. The number of aromatic nitrogens is 1. The van der Waals surface area contributed by atoms with Crippen LogP contribution in [-0.4, -0.2) is 16.4 Å². The first-order chi connectivity index (χ1) is 10.3. The number of rotatable bonds is 1. The van der Waals surface area contributed by atoms with E-state index in [9.17, 15) is 23.2 Å². The van der Waals surface area contributed by atoms with Gasteiger partial charge in [-0.15, -0.1) is 0 Å². The zero-order valence-electron chi connectivity index (χ0n) is 10.6. The molecule has 0 saturated carbocycles. The van der Waals surface area contributed by atoms with Gasteiger partial charge in [0, 0.05) is 10.5 Å². The highest BCUT2D eigenvalue weighted by atomic mass is 79.9. The standard InChI is InChI=1S/C13H6BrF2N3O3/c14-4-1-6(15)10(7(16)2-4)19-8(20)3-5-9(11(19)17)13(22)18-12(5)21/h1-3H,17H2,(H,18,21,22). The molecule has 9 heteroatoms. The summed E-state index contributed by atoms with van der Waals surface area (Å²) in [6.07, 6.45) is 0. The molecule has 0 fully saturated rings. The molecule has 0 bridgehead atoms. The molecular formula is C13H6BrF2N3O3. The van der Waals surface area contributed by atoms with Crippen molar-refractivity contribution in [2.75, 3.05) is 5.73 Å². The molecule has 1 aliphatic rings. The summed E-state index contributed by atoms with van der Waals surface area (Å²) in [4.78, 5) is 35.3. The van der Waals surface area contributed by atoms with E-state index in [-0.39, 0.29) is 15.6 Å². The highest BCUT2D eigenvalue weighted by molar-refractivity contribution is 9.10. The highest BCUT2D eigenvalue weighted by Crippen LogP contribution is 2.27. The number of benzene rings is 1. The van der Waals surface area contributed by atoms with Crippen LogP contribution in [0.25, 0.3) is 5.69 Å². The van der Waals surface area contributed by atoms with E-state index in [4.69, 9.17) is 5.73 Å². The number of hydrogen-bond acceptors (Lipinski definition) is 4. The lowest BCUT2D eigenvalue weighted by Gasteiger charge is -2.13. The van der Waals surface area contributed by atoms with E-state index < -0.39 is 40.5 Å². The van der Waals surface area contributed by atoms with Gasteiger partial charge in [0.2, 0.25) is 0 Å². The first kappa shape index (κ1) is 14.4. The molecule has 22 heavy (non-hydrogen) atoms. The van der Waals surface area contributed by atoms with E-state index in [2.05, 4.69) is 15.9 Å². The molecule has 3 rings (SSSR count). The van der Waals surface area contributed by atoms with Crippen LogP contribution in [0.15, 0.2) is 27.5 Å². The van der Waals surface area contributed by atoms with Crippen molar-refractivity contribution in [2.24, 2.45) is 0 Å². The molecule has 112 valence electrons. The minimum absolute atomic E-state index is 0.131. The number of hydrogen-bond donors (Lipinski definition) is 2. The number of carbonyl (C=O) groups is 2. The topological polar surface area (TPSA) is 94.2 Å². The van der Waals surface area contributed by atoms with Gasteiger partial charge in [0.15, 0.2) is 11.6 Å². The summed E-state index contributed by atoms with van der Waals surface area (Å²) in [5.41, 5.74) is 3.54. The molecule has 1 aromatic carbocycles. The van der Waals surface area contributed by atoms with Gasteiger partial charge in [-0.1, -0.05) is 15.9 Å². The van der Waals surface area contributed by atoms with Gasteiger partial charge in [0.1, 0.15) is 11.5 Å². The van der Waals surface area contributed by atoms with E-state index in [1.165, 1.54) is 0 Å². The van der Waals surface area contributed by atoms with Crippen LogP contribution >= 0.6 is 15.9 Å². The lowest BCUT2D eigenvalue weighted by molar-refractivity contribution is 0.0880. The number of fused-ring (bicyclic) bond motifs is 1. The largest absolute Gasteiger partial charge is 0.384 e. The second-order valence-electron chi connectivity index (χ2n) is 4.49. The number of imide groups is 1. The third-order valence-corrected chi connectivity index (χ3v) is 3.62. The smallest absolute Gasteiger partial charge is 0.262 e. The van der Waals surface area contributed by atoms with Gasteiger partial charge in [-0.2, -0.15) is 0 Å². The van der Waals surface area contributed by atoms with Gasteiger partial charge in [-0.05, 0) is 12.1 Å². The van der Waals surface area contributed by atoms with Crippen molar-refractivity contribution in [2.45, 2.75) is 0 Å². The molecule has 0 unspecified atom stereocenters. The van der Waals surface area contributed by atoms with Crippen LogP contribution < -0.4 is 16.6 Å².